The molecular formula is C25H20FN3O3S. The van der Waals surface area contributed by atoms with E-state index in [1.165, 1.54) is 47.2 Å². The number of benzene rings is 2. The van der Waals surface area contributed by atoms with Crippen LogP contribution < -0.4 is 10.2 Å². The molecule has 3 aromatic rings. The van der Waals surface area contributed by atoms with Crippen LogP contribution in [0, 0.1) is 24.1 Å². The summed E-state index contributed by atoms with van der Waals surface area (Å²) >= 11 is 1.17. The maximum atomic E-state index is 13.5. The van der Waals surface area contributed by atoms with Gasteiger partial charge >= 0.3 is 0 Å². The lowest BCUT2D eigenvalue weighted by Gasteiger charge is -2.18. The Morgan fingerprint density at radius 3 is 2.61 bits per heavy atom. The van der Waals surface area contributed by atoms with E-state index in [4.69, 9.17) is 4.42 Å². The zero-order valence-electron chi connectivity index (χ0n) is 17.7. The third-order valence-electron chi connectivity index (χ3n) is 5.26. The number of hydrogen-bond donors (Lipinski definition) is 1. The van der Waals surface area contributed by atoms with Crippen LogP contribution in [0.25, 0.3) is 0 Å². The average Bonchev–Trinajstić information content (AvgIpc) is 3.44. The normalized spacial score (nSPS) is 17.1. The van der Waals surface area contributed by atoms with Crippen LogP contribution in [0.5, 0.6) is 0 Å². The van der Waals surface area contributed by atoms with Gasteiger partial charge in [0.05, 0.1) is 18.1 Å². The lowest BCUT2D eigenvalue weighted by Crippen LogP contribution is -2.32. The van der Waals surface area contributed by atoms with Gasteiger partial charge in [0.15, 0.2) is 0 Å². The Kier molecular flexibility index (Phi) is 6.61. The molecule has 4 rings (SSSR count). The first kappa shape index (κ1) is 22.4. The van der Waals surface area contributed by atoms with E-state index in [2.05, 4.69) is 5.32 Å². The molecule has 1 saturated heterocycles. The molecule has 0 aliphatic carbocycles. The van der Waals surface area contributed by atoms with Gasteiger partial charge < -0.3 is 9.73 Å². The summed E-state index contributed by atoms with van der Waals surface area (Å²) in [5.74, 6) is -0.797. The highest BCUT2D eigenvalue weighted by atomic mass is 32.2. The SMILES string of the molecule is Cc1ccccc1CC1S/C(=C(/C#N)C(=O)NCc2ccco2)N(c2ccc(F)cc2)C1=O. The molecule has 0 radical (unpaired) electrons. The highest BCUT2D eigenvalue weighted by Crippen LogP contribution is 2.42. The van der Waals surface area contributed by atoms with Crippen molar-refractivity contribution in [2.45, 2.75) is 25.1 Å². The monoisotopic (exact) mass is 461 g/mol. The molecule has 1 fully saturated rings. The third-order valence-corrected chi connectivity index (χ3v) is 6.52. The number of nitrogens with one attached hydrogen (secondary N) is 1. The summed E-state index contributed by atoms with van der Waals surface area (Å²) in [7, 11) is 0. The van der Waals surface area contributed by atoms with Crippen LogP contribution in [0.2, 0.25) is 0 Å². The lowest BCUT2D eigenvalue weighted by atomic mass is 10.0. The minimum absolute atomic E-state index is 0.103. The van der Waals surface area contributed by atoms with Crippen LogP contribution in [0.4, 0.5) is 10.1 Å². The number of furan rings is 1. The van der Waals surface area contributed by atoms with Crippen LogP contribution in [0.15, 0.2) is 81.9 Å². The summed E-state index contributed by atoms with van der Waals surface area (Å²) < 4.78 is 18.7. The number of rotatable bonds is 6. The molecule has 2 heterocycles. The Bertz CT molecular complexity index is 1250. The fourth-order valence-electron chi connectivity index (χ4n) is 3.52. The molecule has 2 aromatic carbocycles. The Balaban J connectivity index is 1.69. The summed E-state index contributed by atoms with van der Waals surface area (Å²) in [5.41, 5.74) is 2.26. The van der Waals surface area contributed by atoms with Crippen molar-refractivity contribution >= 4 is 29.3 Å². The summed E-state index contributed by atoms with van der Waals surface area (Å²) in [6.07, 6.45) is 1.92. The van der Waals surface area contributed by atoms with Crippen LogP contribution in [0.3, 0.4) is 0 Å². The van der Waals surface area contributed by atoms with Gasteiger partial charge in [0.2, 0.25) is 5.91 Å². The molecule has 1 aliphatic rings. The van der Waals surface area contributed by atoms with Gasteiger partial charge in [-0.05, 0) is 60.9 Å². The van der Waals surface area contributed by atoms with E-state index < -0.39 is 17.0 Å². The maximum absolute atomic E-state index is 13.5. The molecule has 8 heteroatoms. The summed E-state index contributed by atoms with van der Waals surface area (Å²) in [5, 5.41) is 12.2. The Hall–Kier alpha value is -3.83. The highest BCUT2D eigenvalue weighted by Gasteiger charge is 2.41. The number of amides is 2. The van der Waals surface area contributed by atoms with E-state index >= 15 is 0 Å². The van der Waals surface area contributed by atoms with Gasteiger partial charge in [-0.1, -0.05) is 36.0 Å². The molecule has 0 spiro atoms. The topological polar surface area (TPSA) is 86.3 Å². The fourth-order valence-corrected chi connectivity index (χ4v) is 4.82. The first-order valence-corrected chi connectivity index (χ1v) is 11.1. The molecule has 1 aliphatic heterocycles. The summed E-state index contributed by atoms with van der Waals surface area (Å²) in [6.45, 7) is 2.07. The Morgan fingerprint density at radius 2 is 1.94 bits per heavy atom. The van der Waals surface area contributed by atoms with Gasteiger partial charge in [0.1, 0.15) is 28.2 Å². The van der Waals surface area contributed by atoms with Gasteiger partial charge in [-0.15, -0.1) is 0 Å². The van der Waals surface area contributed by atoms with E-state index in [0.29, 0.717) is 17.9 Å². The van der Waals surface area contributed by atoms with Gasteiger partial charge in [-0.25, -0.2) is 4.39 Å². The smallest absolute Gasteiger partial charge is 0.265 e. The predicted octanol–water partition coefficient (Wildman–Crippen LogP) is 4.47. The van der Waals surface area contributed by atoms with E-state index in [-0.39, 0.29) is 23.1 Å². The molecule has 0 bridgehead atoms. The number of aryl methyl sites for hydroxylation is 1. The summed E-state index contributed by atoms with van der Waals surface area (Å²) in [6, 6.07) is 18.5. The second-order valence-electron chi connectivity index (χ2n) is 7.44. The van der Waals surface area contributed by atoms with Gasteiger partial charge in [0.25, 0.3) is 5.91 Å². The van der Waals surface area contributed by atoms with Crippen molar-refractivity contribution in [2.75, 3.05) is 4.90 Å². The molecule has 33 heavy (non-hydrogen) atoms. The van der Waals surface area contributed by atoms with Crippen LogP contribution in [-0.4, -0.2) is 17.1 Å². The zero-order valence-corrected chi connectivity index (χ0v) is 18.6. The van der Waals surface area contributed by atoms with Crippen LogP contribution in [-0.2, 0) is 22.6 Å². The number of nitriles is 1. The summed E-state index contributed by atoms with van der Waals surface area (Å²) in [4.78, 5) is 27.6. The molecule has 0 saturated carbocycles. The van der Waals surface area contributed by atoms with E-state index in [9.17, 15) is 19.2 Å². The number of thioether (sulfide) groups is 1. The molecule has 6 nitrogen and oxygen atoms in total. The standard InChI is InChI=1S/C25H20FN3O3S/c1-16-5-2-3-6-17(16)13-22-24(31)29(19-10-8-18(26)9-11-19)25(33-22)21(14-27)23(30)28-15-20-7-4-12-32-20/h2-12,22H,13,15H2,1H3,(H,28,30)/b25-21-. The maximum Gasteiger partial charge on any atom is 0.265 e. The van der Waals surface area contributed by atoms with Gasteiger partial charge in [-0.3, -0.25) is 14.5 Å². The average molecular weight is 462 g/mol. The van der Waals surface area contributed by atoms with Crippen molar-refractivity contribution in [2.24, 2.45) is 0 Å². The van der Waals surface area contributed by atoms with E-state index in [0.717, 1.165) is 11.1 Å². The molecule has 166 valence electrons. The highest BCUT2D eigenvalue weighted by molar-refractivity contribution is 8.05. The lowest BCUT2D eigenvalue weighted by molar-refractivity contribution is -0.117. The van der Waals surface area contributed by atoms with Crippen LogP contribution in [0.1, 0.15) is 16.9 Å². The fraction of sp³-hybridized carbons (Fsp3) is 0.160. The zero-order chi connectivity index (χ0) is 23.4. The van der Waals surface area contributed by atoms with Crippen molar-refractivity contribution in [3.05, 3.63) is 100 Å². The molecule has 2 amide bonds. The Labute approximate surface area is 194 Å². The van der Waals surface area contributed by atoms with Gasteiger partial charge in [0, 0.05) is 5.69 Å². The molecule has 1 unspecified atom stereocenters. The largest absolute Gasteiger partial charge is 0.467 e. The third kappa shape index (κ3) is 4.83. The van der Waals surface area contributed by atoms with Gasteiger partial charge in [-0.2, -0.15) is 5.26 Å². The number of carbonyl (C=O) groups excluding carboxylic acids is 2. The first-order chi connectivity index (χ1) is 16.0. The second kappa shape index (κ2) is 9.76. The van der Waals surface area contributed by atoms with Crippen molar-refractivity contribution < 1.29 is 18.4 Å². The van der Waals surface area contributed by atoms with Crippen LogP contribution >= 0.6 is 11.8 Å². The quantitative estimate of drug-likeness (QED) is 0.432. The second-order valence-corrected chi connectivity index (χ2v) is 8.63. The number of halogens is 1. The number of nitrogens with zero attached hydrogens (tertiary/aromatic N) is 2. The molecule has 1 atom stereocenters. The van der Waals surface area contributed by atoms with Crippen molar-refractivity contribution in [3.8, 4) is 6.07 Å². The van der Waals surface area contributed by atoms with Crippen molar-refractivity contribution in [1.29, 1.82) is 5.26 Å². The molecule has 1 N–H and O–H groups in total. The molecule has 1 aromatic heterocycles. The van der Waals surface area contributed by atoms with Crippen molar-refractivity contribution in [3.63, 3.8) is 0 Å². The minimum Gasteiger partial charge on any atom is -0.467 e. The van der Waals surface area contributed by atoms with E-state index in [1.54, 1.807) is 12.1 Å². The van der Waals surface area contributed by atoms with E-state index in [1.807, 2.05) is 37.3 Å². The number of hydrogen-bond acceptors (Lipinski definition) is 5. The number of anilines is 1. The molecular weight excluding hydrogens is 441 g/mol. The number of carbonyl (C=O) groups is 2. The predicted molar refractivity (Wildman–Crippen MR) is 123 cm³/mol. The first-order valence-electron chi connectivity index (χ1n) is 10.2. The van der Waals surface area contributed by atoms with Crippen molar-refractivity contribution in [1.82, 2.24) is 5.32 Å². The Morgan fingerprint density at radius 1 is 1.18 bits per heavy atom. The minimum atomic E-state index is -0.618.